The molecule has 0 aromatic carbocycles. The molecule has 0 spiro atoms. The number of alkyl halides is 3. The molecular weight excluding hydrogens is 550 g/mol. The zero-order valence-electron chi connectivity index (χ0n) is 24.8. The van der Waals surface area contributed by atoms with Crippen LogP contribution in [-0.4, -0.2) is 54.6 Å². The monoisotopic (exact) mass is 602 g/mol. The molecule has 4 nitrogen and oxygen atoms in total. The van der Waals surface area contributed by atoms with Gasteiger partial charge in [0.15, 0.2) is 33.3 Å². The lowest BCUT2D eigenvalue weighted by Gasteiger charge is -2.42. The van der Waals surface area contributed by atoms with Crippen LogP contribution in [0.25, 0.3) is 0 Å². The van der Waals surface area contributed by atoms with E-state index in [9.17, 15) is 13.2 Å². The van der Waals surface area contributed by atoms with Crippen LogP contribution >= 0.6 is 0 Å². The summed E-state index contributed by atoms with van der Waals surface area (Å²) in [4.78, 5) is 0. The van der Waals surface area contributed by atoms with Crippen molar-refractivity contribution in [2.24, 2.45) is 0 Å². The smallest absolute Gasteiger partial charge is 0.389 e. The van der Waals surface area contributed by atoms with Gasteiger partial charge in [0.2, 0.25) is 0 Å². The van der Waals surface area contributed by atoms with E-state index in [1.807, 2.05) is 6.55 Å². The molecular formula is C24H53F3O4Si5. The average molecular weight is 603 g/mol. The molecule has 0 aromatic heterocycles. The molecule has 0 saturated heterocycles. The van der Waals surface area contributed by atoms with Crippen molar-refractivity contribution in [1.29, 1.82) is 0 Å². The van der Waals surface area contributed by atoms with E-state index in [2.05, 4.69) is 71.3 Å². The number of ether oxygens (including phenoxy) is 1. The summed E-state index contributed by atoms with van der Waals surface area (Å²) in [6.07, 6.45) is 0.653. The van der Waals surface area contributed by atoms with Gasteiger partial charge in [-0.05, 0) is 95.6 Å². The lowest BCUT2D eigenvalue weighted by Crippen LogP contribution is -2.55. The standard InChI is InChI=1S/C24H53F3O4Si5/c1-12-14-19-32(3,4)29-34(7,8)22-23-35(9,10)31-36(11,21-16-24(25,26)27)30-33(5,6)20-15-18-28-17-13-2/h12,14-16,18-23H2,1-11H3. The molecule has 0 N–H and O–H groups in total. The molecule has 0 aromatic rings. The topological polar surface area (TPSA) is 36.9 Å². The Hall–Kier alpha value is 0.114. The van der Waals surface area contributed by atoms with Gasteiger partial charge in [-0.2, -0.15) is 13.2 Å². The van der Waals surface area contributed by atoms with E-state index < -0.39 is 54.4 Å². The molecule has 1 atom stereocenters. The Kier molecular flexibility index (Phi) is 15.1. The van der Waals surface area contributed by atoms with E-state index in [0.717, 1.165) is 24.6 Å². The first-order valence-electron chi connectivity index (χ1n) is 13.4. The highest BCUT2D eigenvalue weighted by Gasteiger charge is 2.46. The molecule has 0 aliphatic carbocycles. The fraction of sp³-hybridized carbons (Fsp3) is 0.917. The van der Waals surface area contributed by atoms with Crippen molar-refractivity contribution in [3.05, 3.63) is 0 Å². The predicted molar refractivity (Wildman–Crippen MR) is 158 cm³/mol. The van der Waals surface area contributed by atoms with Gasteiger partial charge in [-0.25, -0.2) is 0 Å². The van der Waals surface area contributed by atoms with Crippen molar-refractivity contribution >= 4 is 41.8 Å². The van der Waals surface area contributed by atoms with Gasteiger partial charge in [0, 0.05) is 13.3 Å². The normalized spacial score (nSPS) is 15.3. The first kappa shape index (κ1) is 36.1. The number of hydrogen-bond acceptors (Lipinski definition) is 4. The van der Waals surface area contributed by atoms with Crippen LogP contribution in [-0.2, 0) is 17.1 Å². The minimum absolute atomic E-state index is 0.0601. The van der Waals surface area contributed by atoms with Crippen LogP contribution < -0.4 is 0 Å². The second-order valence-corrected chi connectivity index (χ2v) is 33.8. The molecule has 0 radical (unpaired) electrons. The van der Waals surface area contributed by atoms with Crippen molar-refractivity contribution in [1.82, 2.24) is 0 Å². The van der Waals surface area contributed by atoms with E-state index in [-0.39, 0.29) is 6.04 Å². The van der Waals surface area contributed by atoms with Gasteiger partial charge in [-0.3, -0.25) is 0 Å². The summed E-state index contributed by atoms with van der Waals surface area (Å²) in [6, 6.07) is 3.76. The summed E-state index contributed by atoms with van der Waals surface area (Å²) in [6.45, 7) is 23.8. The SMILES string of the molecule is CC#COCCC[Si](C)(C)O[Si](C)(CCC(F)(F)F)O[Si](C)(C)CC[Si](C)(C)O[Si](C)(C)CCCC. The van der Waals surface area contributed by atoms with Gasteiger partial charge in [-0.15, -0.1) is 0 Å². The molecule has 0 aliphatic rings. The van der Waals surface area contributed by atoms with Gasteiger partial charge in [-0.1, -0.05) is 25.7 Å². The molecule has 0 saturated carbocycles. The average Bonchev–Trinajstić information content (AvgIpc) is 2.67. The van der Waals surface area contributed by atoms with E-state index in [1.54, 1.807) is 6.92 Å². The van der Waals surface area contributed by atoms with Crippen LogP contribution in [0.4, 0.5) is 13.2 Å². The molecule has 36 heavy (non-hydrogen) atoms. The third kappa shape index (κ3) is 18.4. The van der Waals surface area contributed by atoms with Crippen molar-refractivity contribution < 1.29 is 30.3 Å². The molecule has 214 valence electrons. The summed E-state index contributed by atoms with van der Waals surface area (Å²) >= 11 is 0. The Morgan fingerprint density at radius 2 is 1.08 bits per heavy atom. The molecule has 0 heterocycles. The lowest BCUT2D eigenvalue weighted by molar-refractivity contribution is -0.131. The van der Waals surface area contributed by atoms with Gasteiger partial charge >= 0.3 is 14.7 Å². The van der Waals surface area contributed by atoms with E-state index in [0.29, 0.717) is 6.61 Å². The molecule has 0 amide bonds. The van der Waals surface area contributed by atoms with Crippen molar-refractivity contribution in [2.75, 3.05) is 6.61 Å². The van der Waals surface area contributed by atoms with Gasteiger partial charge < -0.3 is 17.1 Å². The second kappa shape index (κ2) is 15.0. The highest BCUT2D eigenvalue weighted by Crippen LogP contribution is 2.35. The van der Waals surface area contributed by atoms with Crippen LogP contribution in [0.2, 0.25) is 89.1 Å². The summed E-state index contributed by atoms with van der Waals surface area (Å²) in [5.41, 5.74) is 0. The van der Waals surface area contributed by atoms with Gasteiger partial charge in [0.05, 0.1) is 6.61 Å². The molecule has 0 rings (SSSR count). The summed E-state index contributed by atoms with van der Waals surface area (Å²) < 4.78 is 65.0. The quantitative estimate of drug-likeness (QED) is 0.0891. The third-order valence-electron chi connectivity index (χ3n) is 6.06. The Bertz CT molecular complexity index is 706. The first-order valence-corrected chi connectivity index (χ1v) is 28.3. The Morgan fingerprint density at radius 1 is 0.639 bits per heavy atom. The van der Waals surface area contributed by atoms with Gasteiger partial charge in [0.1, 0.15) is 6.11 Å². The molecule has 0 fully saturated rings. The molecule has 0 aliphatic heterocycles. The summed E-state index contributed by atoms with van der Waals surface area (Å²) in [7, 11) is -11.2. The van der Waals surface area contributed by atoms with E-state index in [4.69, 9.17) is 17.1 Å². The number of halogens is 3. The predicted octanol–water partition coefficient (Wildman–Crippen LogP) is 9.07. The highest BCUT2D eigenvalue weighted by atomic mass is 28.5. The number of rotatable bonds is 18. The summed E-state index contributed by atoms with van der Waals surface area (Å²) in [5, 5.41) is 0. The maximum Gasteiger partial charge on any atom is 0.389 e. The molecule has 0 bridgehead atoms. The fourth-order valence-electron chi connectivity index (χ4n) is 4.51. The fourth-order valence-corrected chi connectivity index (χ4v) is 30.6. The summed E-state index contributed by atoms with van der Waals surface area (Å²) in [5.74, 6) is 2.69. The third-order valence-corrected chi connectivity index (χ3v) is 26.0. The van der Waals surface area contributed by atoms with Crippen LogP contribution in [0.3, 0.4) is 0 Å². The minimum Gasteiger partial charge on any atom is -0.456 e. The lowest BCUT2D eigenvalue weighted by atomic mass is 10.4. The Balaban J connectivity index is 5.36. The first-order chi connectivity index (χ1) is 16.2. The largest absolute Gasteiger partial charge is 0.456 e. The Labute approximate surface area is 225 Å². The Morgan fingerprint density at radius 3 is 1.56 bits per heavy atom. The van der Waals surface area contributed by atoms with Crippen LogP contribution in [0.1, 0.15) is 39.5 Å². The van der Waals surface area contributed by atoms with Crippen molar-refractivity contribution in [3.63, 3.8) is 0 Å². The maximum atomic E-state index is 13.2. The number of hydrogen-bond donors (Lipinski definition) is 0. The van der Waals surface area contributed by atoms with Crippen molar-refractivity contribution in [2.45, 2.75) is 135 Å². The zero-order valence-corrected chi connectivity index (χ0v) is 29.8. The number of unbranched alkanes of at least 4 members (excludes halogenated alkanes) is 1. The minimum atomic E-state index is -4.22. The zero-order chi connectivity index (χ0) is 28.3. The van der Waals surface area contributed by atoms with E-state index >= 15 is 0 Å². The molecule has 1 unspecified atom stereocenters. The van der Waals surface area contributed by atoms with Crippen LogP contribution in [0, 0.1) is 12.0 Å². The van der Waals surface area contributed by atoms with Crippen LogP contribution in [0.15, 0.2) is 0 Å². The van der Waals surface area contributed by atoms with Gasteiger partial charge in [0.25, 0.3) is 0 Å². The second-order valence-electron chi connectivity index (χ2n) is 12.5. The molecule has 12 heteroatoms. The van der Waals surface area contributed by atoms with Crippen LogP contribution in [0.5, 0.6) is 0 Å². The van der Waals surface area contributed by atoms with Crippen molar-refractivity contribution in [3.8, 4) is 12.0 Å². The highest BCUT2D eigenvalue weighted by molar-refractivity contribution is 6.89. The maximum absolute atomic E-state index is 13.2. The van der Waals surface area contributed by atoms with E-state index in [1.165, 1.54) is 18.9 Å².